The van der Waals surface area contributed by atoms with Crippen LogP contribution in [0.25, 0.3) is 0 Å². The first-order valence-electron chi connectivity index (χ1n) is 9.55. The van der Waals surface area contributed by atoms with Gasteiger partial charge in [0.15, 0.2) is 11.6 Å². The first-order valence-corrected chi connectivity index (χ1v) is 9.55. The van der Waals surface area contributed by atoms with Crippen molar-refractivity contribution in [3.05, 3.63) is 42.0 Å². The quantitative estimate of drug-likeness (QED) is 0.801. The number of hydrogen-bond donors (Lipinski definition) is 1. The van der Waals surface area contributed by atoms with Gasteiger partial charge >= 0.3 is 0 Å². The maximum absolute atomic E-state index is 13.9. The maximum Gasteiger partial charge on any atom is 0.263 e. The van der Waals surface area contributed by atoms with Crippen molar-refractivity contribution in [3.63, 3.8) is 0 Å². The van der Waals surface area contributed by atoms with E-state index >= 15 is 0 Å². The summed E-state index contributed by atoms with van der Waals surface area (Å²) in [7, 11) is 0. The first kappa shape index (κ1) is 19.0. The van der Waals surface area contributed by atoms with Gasteiger partial charge in [-0.2, -0.15) is 5.06 Å². The van der Waals surface area contributed by atoms with Crippen LogP contribution < -0.4 is 10.2 Å². The van der Waals surface area contributed by atoms with Crippen LogP contribution in [0.15, 0.2) is 35.3 Å². The molecule has 0 aromatic heterocycles. The van der Waals surface area contributed by atoms with Crippen molar-refractivity contribution in [2.45, 2.75) is 32.0 Å². The van der Waals surface area contributed by atoms with Crippen LogP contribution in [0.5, 0.6) is 5.75 Å². The van der Waals surface area contributed by atoms with Gasteiger partial charge in [-0.1, -0.05) is 6.08 Å². The van der Waals surface area contributed by atoms with Crippen LogP contribution >= 0.6 is 0 Å². The van der Waals surface area contributed by atoms with Gasteiger partial charge in [0.25, 0.3) is 5.91 Å². The number of amides is 1. The van der Waals surface area contributed by atoms with Crippen LogP contribution in [0.2, 0.25) is 0 Å². The summed E-state index contributed by atoms with van der Waals surface area (Å²) in [6.07, 6.45) is 5.73. The number of carbonyl (C=O) groups is 1. The Hall–Kier alpha value is -2.32. The summed E-state index contributed by atoms with van der Waals surface area (Å²) in [5.74, 6) is -2.59. The van der Waals surface area contributed by atoms with Gasteiger partial charge in [-0.15, -0.1) is 0 Å². The number of benzene rings is 1. The van der Waals surface area contributed by atoms with Gasteiger partial charge in [0.1, 0.15) is 12.0 Å². The molecule has 0 bridgehead atoms. The molecule has 0 spiro atoms. The molecule has 3 aliphatic heterocycles. The van der Waals surface area contributed by atoms with E-state index in [2.05, 4.69) is 5.32 Å². The molecule has 2 fully saturated rings. The lowest BCUT2D eigenvalue weighted by atomic mass is 9.86. The molecule has 1 N–H and O–H groups in total. The molecule has 0 saturated carbocycles. The molecule has 8 heteroatoms. The van der Waals surface area contributed by atoms with E-state index in [4.69, 9.17) is 14.6 Å². The fraction of sp³-hybridized carbons (Fsp3) is 0.500. The summed E-state index contributed by atoms with van der Waals surface area (Å²) in [6, 6.07) is 3.35. The van der Waals surface area contributed by atoms with E-state index in [-0.39, 0.29) is 30.3 Å². The van der Waals surface area contributed by atoms with Crippen molar-refractivity contribution < 1.29 is 23.1 Å². The van der Waals surface area contributed by atoms with E-state index < -0.39 is 17.6 Å². The summed E-state index contributed by atoms with van der Waals surface area (Å²) >= 11 is 0. The molecule has 28 heavy (non-hydrogen) atoms. The summed E-state index contributed by atoms with van der Waals surface area (Å²) in [5.41, 5.74) is 0.802. The maximum atomic E-state index is 13.9. The Balaban J connectivity index is 1.45. The molecular weight excluding hydrogens is 368 g/mol. The summed E-state index contributed by atoms with van der Waals surface area (Å²) in [6.45, 7) is 3.50. The molecule has 6 nitrogen and oxygen atoms in total. The molecule has 1 amide bonds. The number of piperidine rings is 1. The number of hydrogen-bond acceptors (Lipinski definition) is 5. The number of rotatable bonds is 4. The van der Waals surface area contributed by atoms with Gasteiger partial charge in [0.05, 0.1) is 12.5 Å². The lowest BCUT2D eigenvalue weighted by Crippen LogP contribution is -2.53. The minimum atomic E-state index is -0.847. The average molecular weight is 391 g/mol. The highest BCUT2D eigenvalue weighted by atomic mass is 19.1. The van der Waals surface area contributed by atoms with Gasteiger partial charge < -0.3 is 9.57 Å². The Morgan fingerprint density at radius 3 is 2.79 bits per heavy atom. The highest BCUT2D eigenvalue weighted by Gasteiger charge is 2.39. The second kappa shape index (κ2) is 7.97. The Labute approximate surface area is 162 Å². The fourth-order valence-electron chi connectivity index (χ4n) is 3.78. The molecule has 1 aromatic carbocycles. The van der Waals surface area contributed by atoms with Gasteiger partial charge in [0.2, 0.25) is 0 Å². The van der Waals surface area contributed by atoms with E-state index in [9.17, 15) is 13.6 Å². The van der Waals surface area contributed by atoms with Crippen molar-refractivity contribution >= 4 is 11.6 Å². The lowest BCUT2D eigenvalue weighted by molar-refractivity contribution is -0.163. The average Bonchev–Trinajstić information content (AvgIpc) is 2.69. The Bertz CT molecular complexity index is 804. The summed E-state index contributed by atoms with van der Waals surface area (Å²) in [4.78, 5) is 22.9. The zero-order valence-electron chi connectivity index (χ0n) is 15.6. The molecule has 0 radical (unpaired) electrons. The largest absolute Gasteiger partial charge is 0.381 e. The second-order valence-corrected chi connectivity index (χ2v) is 7.33. The Morgan fingerprint density at radius 2 is 2.04 bits per heavy atom. The predicted molar refractivity (Wildman–Crippen MR) is 98.7 cm³/mol. The lowest BCUT2D eigenvalue weighted by Gasteiger charge is -2.37. The number of dihydropyridines is 1. The number of ether oxygens (including phenoxy) is 1. The van der Waals surface area contributed by atoms with Crippen molar-refractivity contribution in [3.8, 4) is 5.75 Å². The van der Waals surface area contributed by atoms with E-state index in [0.29, 0.717) is 6.04 Å². The molecule has 3 aliphatic rings. The van der Waals surface area contributed by atoms with Gasteiger partial charge in [-0.25, -0.2) is 8.78 Å². The molecule has 3 heterocycles. The van der Waals surface area contributed by atoms with Crippen LogP contribution in [-0.2, 0) is 9.53 Å². The fourth-order valence-corrected chi connectivity index (χ4v) is 3.78. The number of halogens is 2. The van der Waals surface area contributed by atoms with E-state index in [1.54, 1.807) is 6.92 Å². The standard InChI is InChI=1S/C20H23F2N3O3/c1-12-19-13(2-5-18(24-19)23-15-6-8-27-9-7-15)11-25(20(12)26)28-17-4-3-14(21)10-16(17)22/h2-5,10,12-13,15,18,23H,6-9,11H2,1H3. The van der Waals surface area contributed by atoms with Crippen molar-refractivity contribution in [2.24, 2.45) is 16.8 Å². The normalized spacial score (nSPS) is 28.1. The number of nitrogens with one attached hydrogen (secondary N) is 1. The van der Waals surface area contributed by atoms with E-state index in [1.807, 2.05) is 12.2 Å². The number of hydroxylamine groups is 2. The number of nitrogens with zero attached hydrogens (tertiary/aromatic N) is 2. The minimum absolute atomic E-state index is 0.0936. The smallest absolute Gasteiger partial charge is 0.263 e. The number of fused-ring (bicyclic) bond motifs is 1. The number of carbonyl (C=O) groups excluding carboxylic acids is 1. The second-order valence-electron chi connectivity index (χ2n) is 7.33. The third-order valence-electron chi connectivity index (χ3n) is 5.35. The van der Waals surface area contributed by atoms with Crippen LogP contribution in [-0.4, -0.2) is 48.6 Å². The highest BCUT2D eigenvalue weighted by Crippen LogP contribution is 2.28. The highest BCUT2D eigenvalue weighted by molar-refractivity contribution is 6.08. The van der Waals surface area contributed by atoms with Gasteiger partial charge in [-0.05, 0) is 38.0 Å². The van der Waals surface area contributed by atoms with Gasteiger partial charge in [0, 0.05) is 37.0 Å². The zero-order chi connectivity index (χ0) is 19.7. The summed E-state index contributed by atoms with van der Waals surface area (Å²) < 4.78 is 32.3. The van der Waals surface area contributed by atoms with Crippen molar-refractivity contribution in [1.82, 2.24) is 10.4 Å². The van der Waals surface area contributed by atoms with E-state index in [1.165, 1.54) is 6.07 Å². The van der Waals surface area contributed by atoms with Crippen LogP contribution in [0.1, 0.15) is 19.8 Å². The molecule has 1 aromatic rings. The van der Waals surface area contributed by atoms with Crippen molar-refractivity contribution in [1.29, 1.82) is 0 Å². The molecule has 3 unspecified atom stereocenters. The van der Waals surface area contributed by atoms with Crippen LogP contribution in [0.3, 0.4) is 0 Å². The third kappa shape index (κ3) is 3.93. The zero-order valence-corrected chi connectivity index (χ0v) is 15.6. The minimum Gasteiger partial charge on any atom is -0.381 e. The van der Waals surface area contributed by atoms with E-state index in [0.717, 1.165) is 49.0 Å². The van der Waals surface area contributed by atoms with Crippen LogP contribution in [0.4, 0.5) is 8.78 Å². The first-order chi connectivity index (χ1) is 13.5. The molecule has 0 aliphatic carbocycles. The van der Waals surface area contributed by atoms with Gasteiger partial charge in [-0.3, -0.25) is 15.1 Å². The third-order valence-corrected chi connectivity index (χ3v) is 5.35. The topological polar surface area (TPSA) is 63.2 Å². The molecule has 4 rings (SSSR count). The monoisotopic (exact) mass is 391 g/mol. The molecule has 3 atom stereocenters. The summed E-state index contributed by atoms with van der Waals surface area (Å²) in [5, 5.41) is 4.63. The van der Waals surface area contributed by atoms with Crippen molar-refractivity contribution in [2.75, 3.05) is 19.8 Å². The van der Waals surface area contributed by atoms with Crippen LogP contribution in [0, 0.1) is 23.5 Å². The predicted octanol–water partition coefficient (Wildman–Crippen LogP) is 2.46. The molecule has 2 saturated heterocycles. The Kier molecular flexibility index (Phi) is 5.41. The number of aliphatic imine (C=N–C) groups is 1. The SMILES string of the molecule is CC1C(=O)N(Oc2ccc(F)cc2F)CC2C=CC(NC3CCOCC3)N=C21. The molecule has 150 valence electrons. The molecular formula is C20H23F2N3O3. The Morgan fingerprint density at radius 1 is 1.25 bits per heavy atom.